The van der Waals surface area contributed by atoms with Gasteiger partial charge in [0.1, 0.15) is 11.5 Å². The first-order valence-electron chi connectivity index (χ1n) is 7.79. The van der Waals surface area contributed by atoms with E-state index in [0.717, 1.165) is 19.3 Å². The van der Waals surface area contributed by atoms with Crippen molar-refractivity contribution in [2.75, 3.05) is 13.2 Å². The maximum Gasteiger partial charge on any atom is 0.137 e. The molecule has 2 rings (SSSR count). The monoisotopic (exact) mass is 374 g/mol. The highest BCUT2D eigenvalue weighted by atomic mass is 35.5. The van der Waals surface area contributed by atoms with Crippen molar-refractivity contribution in [3.63, 3.8) is 0 Å². The lowest BCUT2D eigenvalue weighted by Crippen LogP contribution is -2.01. The minimum absolute atomic E-state index is 0.442. The maximum absolute atomic E-state index is 8.79. The maximum atomic E-state index is 8.79. The van der Waals surface area contributed by atoms with Crippen LogP contribution in [0.25, 0.3) is 0 Å². The average molecular weight is 375 g/mol. The summed E-state index contributed by atoms with van der Waals surface area (Å²) in [4.78, 5) is 0. The number of unbranched alkanes of at least 4 members (excludes halogenated alkanes) is 2. The Morgan fingerprint density at radius 1 is 0.720 bits per heavy atom. The van der Waals surface area contributed by atoms with Crippen LogP contribution in [-0.4, -0.2) is 13.2 Å². The zero-order valence-electron chi connectivity index (χ0n) is 13.5. The molecular weight excluding hydrogens is 359 g/mol. The van der Waals surface area contributed by atoms with Gasteiger partial charge in [0, 0.05) is 0 Å². The predicted octanol–water partition coefficient (Wildman–Crippen LogP) is 5.36. The van der Waals surface area contributed by atoms with Gasteiger partial charge in [-0.05, 0) is 55.7 Å². The van der Waals surface area contributed by atoms with Crippen LogP contribution in [-0.2, 0) is 0 Å². The van der Waals surface area contributed by atoms with Gasteiger partial charge in [0.2, 0.25) is 0 Å². The largest absolute Gasteiger partial charge is 0.492 e. The van der Waals surface area contributed by atoms with Gasteiger partial charge in [-0.2, -0.15) is 10.5 Å². The summed E-state index contributed by atoms with van der Waals surface area (Å²) in [6, 6.07) is 14.0. The molecule has 0 N–H and O–H groups in total. The second kappa shape index (κ2) is 9.79. The lowest BCUT2D eigenvalue weighted by Gasteiger charge is -2.09. The molecule has 0 atom stereocenters. The van der Waals surface area contributed by atoms with E-state index in [2.05, 4.69) is 0 Å². The standard InChI is InChI=1S/C19H16Cl2N2O2/c20-16-10-14(12-22)4-6-18(16)24-8-2-1-3-9-25-19-7-5-15(13-23)11-17(19)21/h4-7,10-11H,1-3,8-9H2. The highest BCUT2D eigenvalue weighted by Crippen LogP contribution is 2.26. The highest BCUT2D eigenvalue weighted by molar-refractivity contribution is 6.32. The number of nitriles is 2. The summed E-state index contributed by atoms with van der Waals surface area (Å²) < 4.78 is 11.2. The first-order chi connectivity index (χ1) is 12.1. The molecule has 2 aromatic rings. The third-order valence-corrected chi connectivity index (χ3v) is 4.02. The quantitative estimate of drug-likeness (QED) is 0.582. The minimum atomic E-state index is 0.442. The van der Waals surface area contributed by atoms with Crippen LogP contribution in [0.5, 0.6) is 11.5 Å². The van der Waals surface area contributed by atoms with Crippen molar-refractivity contribution in [1.29, 1.82) is 10.5 Å². The van der Waals surface area contributed by atoms with E-state index in [1.807, 2.05) is 12.1 Å². The van der Waals surface area contributed by atoms with Crippen molar-refractivity contribution in [1.82, 2.24) is 0 Å². The SMILES string of the molecule is N#Cc1ccc(OCCCCCOc2ccc(C#N)cc2Cl)c(Cl)c1. The van der Waals surface area contributed by atoms with E-state index >= 15 is 0 Å². The predicted molar refractivity (Wildman–Crippen MR) is 97.2 cm³/mol. The molecule has 2 aromatic carbocycles. The molecule has 0 spiro atoms. The van der Waals surface area contributed by atoms with Gasteiger partial charge in [0.15, 0.2) is 0 Å². The normalized spacial score (nSPS) is 9.92. The molecule has 128 valence electrons. The summed E-state index contributed by atoms with van der Waals surface area (Å²) in [6.45, 7) is 1.09. The summed E-state index contributed by atoms with van der Waals surface area (Å²) in [5, 5.41) is 18.5. The van der Waals surface area contributed by atoms with E-state index in [0.29, 0.717) is 45.9 Å². The Labute approximate surface area is 157 Å². The van der Waals surface area contributed by atoms with Gasteiger partial charge in [-0.3, -0.25) is 0 Å². The van der Waals surface area contributed by atoms with Gasteiger partial charge in [-0.25, -0.2) is 0 Å². The minimum Gasteiger partial charge on any atom is -0.492 e. The van der Waals surface area contributed by atoms with Crippen molar-refractivity contribution in [2.24, 2.45) is 0 Å². The van der Waals surface area contributed by atoms with Crippen LogP contribution in [0, 0.1) is 22.7 Å². The fourth-order valence-electron chi connectivity index (χ4n) is 2.12. The van der Waals surface area contributed by atoms with E-state index in [1.165, 1.54) is 0 Å². The number of halogens is 2. The zero-order chi connectivity index (χ0) is 18.1. The van der Waals surface area contributed by atoms with Crippen LogP contribution in [0.3, 0.4) is 0 Å². The zero-order valence-corrected chi connectivity index (χ0v) is 15.0. The lowest BCUT2D eigenvalue weighted by molar-refractivity contribution is 0.279. The Kier molecular flexibility index (Phi) is 7.41. The number of ether oxygens (including phenoxy) is 2. The van der Waals surface area contributed by atoms with Gasteiger partial charge >= 0.3 is 0 Å². The van der Waals surface area contributed by atoms with Gasteiger partial charge in [0.25, 0.3) is 0 Å². The van der Waals surface area contributed by atoms with E-state index < -0.39 is 0 Å². The number of benzene rings is 2. The van der Waals surface area contributed by atoms with Crippen LogP contribution in [0.2, 0.25) is 10.0 Å². The van der Waals surface area contributed by atoms with E-state index in [9.17, 15) is 0 Å². The van der Waals surface area contributed by atoms with Crippen molar-refractivity contribution in [3.8, 4) is 23.6 Å². The Morgan fingerprint density at radius 3 is 1.52 bits per heavy atom. The number of hydrogen-bond donors (Lipinski definition) is 0. The number of hydrogen-bond acceptors (Lipinski definition) is 4. The Bertz CT molecular complexity index is 743. The molecule has 0 aliphatic rings. The molecule has 0 aliphatic heterocycles. The number of nitrogens with zero attached hydrogens (tertiary/aromatic N) is 2. The summed E-state index contributed by atoms with van der Waals surface area (Å²) in [6.07, 6.45) is 2.66. The molecule has 0 saturated heterocycles. The van der Waals surface area contributed by atoms with Gasteiger partial charge in [-0.15, -0.1) is 0 Å². The second-order valence-electron chi connectivity index (χ2n) is 5.27. The van der Waals surface area contributed by atoms with E-state index in [4.69, 9.17) is 43.2 Å². The molecule has 0 saturated carbocycles. The Balaban J connectivity index is 1.64. The van der Waals surface area contributed by atoms with Crippen molar-refractivity contribution in [2.45, 2.75) is 19.3 Å². The molecule has 0 fully saturated rings. The average Bonchev–Trinajstić information content (AvgIpc) is 2.62. The molecule has 0 radical (unpaired) electrons. The van der Waals surface area contributed by atoms with Crippen LogP contribution in [0.15, 0.2) is 36.4 Å². The first-order valence-corrected chi connectivity index (χ1v) is 8.54. The fraction of sp³-hybridized carbons (Fsp3) is 0.263. The molecule has 0 aliphatic carbocycles. The molecule has 25 heavy (non-hydrogen) atoms. The van der Waals surface area contributed by atoms with Gasteiger partial charge in [0.05, 0.1) is 46.5 Å². The van der Waals surface area contributed by atoms with Crippen LogP contribution < -0.4 is 9.47 Å². The summed E-state index contributed by atoms with van der Waals surface area (Å²) in [5.41, 5.74) is 1.02. The molecule has 0 bridgehead atoms. The lowest BCUT2D eigenvalue weighted by atomic mass is 10.2. The summed E-state index contributed by atoms with van der Waals surface area (Å²) in [7, 11) is 0. The Morgan fingerprint density at radius 2 is 1.16 bits per heavy atom. The second-order valence-corrected chi connectivity index (χ2v) is 6.09. The van der Waals surface area contributed by atoms with Crippen LogP contribution in [0.1, 0.15) is 30.4 Å². The molecule has 0 amide bonds. The smallest absolute Gasteiger partial charge is 0.137 e. The molecule has 0 unspecified atom stereocenters. The van der Waals surface area contributed by atoms with Crippen LogP contribution >= 0.6 is 23.2 Å². The molecular formula is C19H16Cl2N2O2. The van der Waals surface area contributed by atoms with Gasteiger partial charge < -0.3 is 9.47 Å². The summed E-state index contributed by atoms with van der Waals surface area (Å²) >= 11 is 12.1. The van der Waals surface area contributed by atoms with Crippen molar-refractivity contribution < 1.29 is 9.47 Å². The van der Waals surface area contributed by atoms with Crippen molar-refractivity contribution in [3.05, 3.63) is 57.6 Å². The molecule has 6 heteroatoms. The summed E-state index contributed by atoms with van der Waals surface area (Å²) in [5.74, 6) is 1.17. The first kappa shape index (κ1) is 18.9. The molecule has 4 nitrogen and oxygen atoms in total. The molecule has 0 aromatic heterocycles. The van der Waals surface area contributed by atoms with Crippen molar-refractivity contribution >= 4 is 23.2 Å². The third-order valence-electron chi connectivity index (χ3n) is 3.43. The third kappa shape index (κ3) is 5.87. The fourth-order valence-corrected chi connectivity index (χ4v) is 2.59. The Hall–Kier alpha value is -2.40. The highest BCUT2D eigenvalue weighted by Gasteiger charge is 2.04. The molecule has 0 heterocycles. The van der Waals surface area contributed by atoms with Crippen LogP contribution in [0.4, 0.5) is 0 Å². The number of rotatable bonds is 8. The topological polar surface area (TPSA) is 66.0 Å². The van der Waals surface area contributed by atoms with E-state index in [1.54, 1.807) is 36.4 Å². The van der Waals surface area contributed by atoms with E-state index in [-0.39, 0.29) is 0 Å². The van der Waals surface area contributed by atoms with Gasteiger partial charge in [-0.1, -0.05) is 23.2 Å².